The Morgan fingerprint density at radius 3 is 2.85 bits per heavy atom. The lowest BCUT2D eigenvalue weighted by molar-refractivity contribution is -0.384. The van der Waals surface area contributed by atoms with E-state index in [9.17, 15) is 24.8 Å². The number of nitrogens with zero attached hydrogens (tertiary/aromatic N) is 3. The van der Waals surface area contributed by atoms with Gasteiger partial charge in [0.25, 0.3) is 11.6 Å². The summed E-state index contributed by atoms with van der Waals surface area (Å²) in [5.74, 6) is -1.87. The second kappa shape index (κ2) is 6.41. The first-order valence-corrected chi connectivity index (χ1v) is 8.14. The number of hydrogen-bond acceptors (Lipinski definition) is 7. The number of ether oxygens (including phenoxy) is 1. The largest absolute Gasteiger partial charge is 0.509 e. The molecule has 3 rings (SSSR count). The van der Waals surface area contributed by atoms with E-state index in [1.807, 2.05) is 0 Å². The van der Waals surface area contributed by atoms with Crippen LogP contribution in [0.1, 0.15) is 25.3 Å². The Morgan fingerprint density at radius 2 is 2.19 bits per heavy atom. The first-order valence-electron chi connectivity index (χ1n) is 8.14. The molecule has 26 heavy (non-hydrogen) atoms. The summed E-state index contributed by atoms with van der Waals surface area (Å²) in [7, 11) is 1.14. The quantitative estimate of drug-likeness (QED) is 0.376. The van der Waals surface area contributed by atoms with Gasteiger partial charge in [0, 0.05) is 18.7 Å². The number of nitro benzene ring substituents is 1. The number of fused-ring (bicyclic) bond motifs is 1. The fourth-order valence-corrected chi connectivity index (χ4v) is 3.57. The molecule has 2 aliphatic heterocycles. The van der Waals surface area contributed by atoms with Crippen molar-refractivity contribution in [1.29, 1.82) is 0 Å². The lowest BCUT2D eigenvalue weighted by Gasteiger charge is -2.46. The molecular weight excluding hydrogens is 342 g/mol. The van der Waals surface area contributed by atoms with E-state index < -0.39 is 27.9 Å². The standard InChI is InChI=1S/C17H19N3O6/c1-17-7-4-8-19(17)18(15(22)13(14(17)21)16(23)26-2)10-11-5-3-6-12(9-11)20(24)25/h3,5-6,9,21H,4,7-8,10H2,1-2H3/t17-/m1/s1. The summed E-state index contributed by atoms with van der Waals surface area (Å²) in [6, 6.07) is 5.97. The molecule has 2 heterocycles. The van der Waals surface area contributed by atoms with Crippen LogP contribution >= 0.6 is 0 Å². The molecule has 9 heteroatoms. The SMILES string of the molecule is COC(=O)C1=C(O)[C@@]2(C)CCCN2N(Cc2cccc([N+](=O)[O-])c2)C1=O. The van der Waals surface area contributed by atoms with Crippen LogP contribution < -0.4 is 0 Å². The minimum Gasteiger partial charge on any atom is -0.509 e. The minimum atomic E-state index is -0.899. The van der Waals surface area contributed by atoms with Gasteiger partial charge in [0.05, 0.1) is 24.1 Å². The van der Waals surface area contributed by atoms with Gasteiger partial charge in [-0.2, -0.15) is 0 Å². The molecule has 0 bridgehead atoms. The van der Waals surface area contributed by atoms with Crippen LogP contribution in [-0.2, 0) is 20.9 Å². The van der Waals surface area contributed by atoms with Crippen LogP contribution in [0.3, 0.4) is 0 Å². The van der Waals surface area contributed by atoms with Crippen LogP contribution in [0.5, 0.6) is 0 Å². The Kier molecular flexibility index (Phi) is 4.41. The van der Waals surface area contributed by atoms with E-state index >= 15 is 0 Å². The summed E-state index contributed by atoms with van der Waals surface area (Å²) in [5, 5.41) is 24.6. The number of hydrazine groups is 1. The smallest absolute Gasteiger partial charge is 0.347 e. The maximum absolute atomic E-state index is 12.9. The Morgan fingerprint density at radius 1 is 1.46 bits per heavy atom. The lowest BCUT2D eigenvalue weighted by Crippen LogP contribution is -2.60. The van der Waals surface area contributed by atoms with Crippen molar-refractivity contribution in [3.05, 3.63) is 51.3 Å². The maximum Gasteiger partial charge on any atom is 0.347 e. The van der Waals surface area contributed by atoms with Crippen molar-refractivity contribution in [3.8, 4) is 0 Å². The number of methoxy groups -OCH3 is 1. The molecule has 1 atom stereocenters. The van der Waals surface area contributed by atoms with Crippen LogP contribution in [0, 0.1) is 10.1 Å². The van der Waals surface area contributed by atoms with Crippen molar-refractivity contribution in [1.82, 2.24) is 10.0 Å². The summed E-state index contributed by atoms with van der Waals surface area (Å²) in [6.07, 6.45) is 1.30. The number of esters is 1. The van der Waals surface area contributed by atoms with Crippen LogP contribution in [0.25, 0.3) is 0 Å². The number of amides is 1. The van der Waals surface area contributed by atoms with Crippen LogP contribution in [0.4, 0.5) is 5.69 Å². The third kappa shape index (κ3) is 2.70. The zero-order chi connectivity index (χ0) is 19.1. The van der Waals surface area contributed by atoms with Crippen molar-refractivity contribution in [3.63, 3.8) is 0 Å². The summed E-state index contributed by atoms with van der Waals surface area (Å²) in [5.41, 5.74) is -0.813. The number of benzene rings is 1. The van der Waals surface area contributed by atoms with Crippen molar-refractivity contribution < 1.29 is 24.4 Å². The highest BCUT2D eigenvalue weighted by Gasteiger charge is 2.52. The summed E-state index contributed by atoms with van der Waals surface area (Å²) >= 11 is 0. The van der Waals surface area contributed by atoms with Gasteiger partial charge in [0.2, 0.25) is 0 Å². The molecular formula is C17H19N3O6. The predicted molar refractivity (Wildman–Crippen MR) is 89.7 cm³/mol. The maximum atomic E-state index is 12.9. The fraction of sp³-hybridized carbons (Fsp3) is 0.412. The van der Waals surface area contributed by atoms with Crippen molar-refractivity contribution >= 4 is 17.6 Å². The van der Waals surface area contributed by atoms with Gasteiger partial charge < -0.3 is 9.84 Å². The van der Waals surface area contributed by atoms with Gasteiger partial charge in [0.1, 0.15) is 5.76 Å². The molecule has 0 aromatic heterocycles. The van der Waals surface area contributed by atoms with E-state index in [0.717, 1.165) is 13.5 Å². The molecule has 1 aromatic rings. The Balaban J connectivity index is 2.02. The highest BCUT2D eigenvalue weighted by molar-refractivity contribution is 6.17. The van der Waals surface area contributed by atoms with E-state index in [1.165, 1.54) is 17.1 Å². The zero-order valence-electron chi connectivity index (χ0n) is 14.5. The number of rotatable bonds is 4. The van der Waals surface area contributed by atoms with Crippen molar-refractivity contribution in [2.75, 3.05) is 13.7 Å². The molecule has 0 aliphatic carbocycles. The predicted octanol–water partition coefficient (Wildman–Crippen LogP) is 1.69. The van der Waals surface area contributed by atoms with Gasteiger partial charge in [-0.05, 0) is 25.3 Å². The molecule has 1 N–H and O–H groups in total. The Bertz CT molecular complexity index is 820. The zero-order valence-corrected chi connectivity index (χ0v) is 14.5. The van der Waals surface area contributed by atoms with Gasteiger partial charge in [-0.15, -0.1) is 0 Å². The number of aliphatic hydroxyl groups is 1. The average molecular weight is 361 g/mol. The van der Waals surface area contributed by atoms with E-state index in [4.69, 9.17) is 0 Å². The molecule has 1 saturated heterocycles. The van der Waals surface area contributed by atoms with Gasteiger partial charge in [-0.1, -0.05) is 12.1 Å². The summed E-state index contributed by atoms with van der Waals surface area (Å²) in [4.78, 5) is 35.4. The molecule has 9 nitrogen and oxygen atoms in total. The van der Waals surface area contributed by atoms with Crippen molar-refractivity contribution in [2.45, 2.75) is 31.8 Å². The van der Waals surface area contributed by atoms with Crippen LogP contribution in [0.15, 0.2) is 35.6 Å². The second-order valence-corrected chi connectivity index (χ2v) is 6.51. The number of carbonyl (C=O) groups is 2. The minimum absolute atomic E-state index is 0.0455. The molecule has 1 fully saturated rings. The van der Waals surface area contributed by atoms with Gasteiger partial charge in [0.15, 0.2) is 5.57 Å². The molecule has 2 aliphatic rings. The lowest BCUT2D eigenvalue weighted by atomic mass is 9.91. The first-order chi connectivity index (χ1) is 12.3. The van der Waals surface area contributed by atoms with Crippen LogP contribution in [-0.4, -0.2) is 51.1 Å². The number of nitro groups is 1. The molecule has 0 spiro atoms. The van der Waals surface area contributed by atoms with E-state index in [1.54, 1.807) is 24.1 Å². The molecule has 0 saturated carbocycles. The molecule has 1 aromatic carbocycles. The third-order valence-electron chi connectivity index (χ3n) is 4.93. The highest BCUT2D eigenvalue weighted by Crippen LogP contribution is 2.41. The van der Waals surface area contributed by atoms with E-state index in [0.29, 0.717) is 18.5 Å². The summed E-state index contributed by atoms with van der Waals surface area (Å²) < 4.78 is 4.66. The normalized spacial score (nSPS) is 23.2. The molecule has 1 amide bonds. The molecule has 138 valence electrons. The average Bonchev–Trinajstić information content (AvgIpc) is 3.02. The van der Waals surface area contributed by atoms with Gasteiger partial charge in [-0.3, -0.25) is 19.9 Å². The molecule has 0 radical (unpaired) electrons. The fourth-order valence-electron chi connectivity index (χ4n) is 3.57. The van der Waals surface area contributed by atoms with E-state index in [-0.39, 0.29) is 18.0 Å². The Hall–Kier alpha value is -2.94. The van der Waals surface area contributed by atoms with Gasteiger partial charge in [-0.25, -0.2) is 9.80 Å². The molecule has 0 unspecified atom stereocenters. The number of non-ortho nitro benzene ring substituents is 1. The monoisotopic (exact) mass is 361 g/mol. The highest BCUT2D eigenvalue weighted by atomic mass is 16.6. The number of aliphatic hydroxyl groups excluding tert-OH is 1. The van der Waals surface area contributed by atoms with Gasteiger partial charge >= 0.3 is 5.97 Å². The van der Waals surface area contributed by atoms with Crippen LogP contribution in [0.2, 0.25) is 0 Å². The number of carbonyl (C=O) groups excluding carboxylic acids is 2. The van der Waals surface area contributed by atoms with Crippen molar-refractivity contribution in [2.24, 2.45) is 0 Å². The topological polar surface area (TPSA) is 113 Å². The third-order valence-corrected chi connectivity index (χ3v) is 4.93. The van der Waals surface area contributed by atoms with E-state index in [2.05, 4.69) is 4.74 Å². The first kappa shape index (κ1) is 17.9. The number of hydrogen-bond donors (Lipinski definition) is 1. The second-order valence-electron chi connectivity index (χ2n) is 6.51. The Labute approximate surface area is 149 Å². The summed E-state index contributed by atoms with van der Waals surface area (Å²) in [6.45, 7) is 2.32.